The van der Waals surface area contributed by atoms with Crippen molar-refractivity contribution in [1.29, 1.82) is 0 Å². The highest BCUT2D eigenvalue weighted by Gasteiger charge is 2.49. The van der Waals surface area contributed by atoms with Gasteiger partial charge in [-0.3, -0.25) is 4.79 Å². The summed E-state index contributed by atoms with van der Waals surface area (Å²) >= 11 is 0. The van der Waals surface area contributed by atoms with E-state index in [2.05, 4.69) is 0 Å². The Kier molecular flexibility index (Phi) is 4.56. The monoisotopic (exact) mass is 357 g/mol. The number of carbonyl (C=O) groups excluding carboxylic acids is 1. The Morgan fingerprint density at radius 2 is 1.68 bits per heavy atom. The summed E-state index contributed by atoms with van der Waals surface area (Å²) in [7, 11) is -3.68. The van der Waals surface area contributed by atoms with Gasteiger partial charge in [-0.25, -0.2) is 8.42 Å². The maximum Gasteiger partial charge on any atom is 0.243 e. The third-order valence-corrected chi connectivity index (χ3v) is 7.03. The Bertz CT molecular complexity index is 875. The number of carbonyl (C=O) groups is 1. The lowest BCUT2D eigenvalue weighted by molar-refractivity contribution is -0.124. The molecule has 1 aliphatic rings. The third kappa shape index (κ3) is 3.26. The predicted molar refractivity (Wildman–Crippen MR) is 97.7 cm³/mol. The molecule has 5 heteroatoms. The van der Waals surface area contributed by atoms with Crippen LogP contribution in [0.1, 0.15) is 37.4 Å². The van der Waals surface area contributed by atoms with Gasteiger partial charge in [0.2, 0.25) is 10.0 Å². The summed E-state index contributed by atoms with van der Waals surface area (Å²) in [5, 5.41) is 0. The Morgan fingerprint density at radius 1 is 1.08 bits per heavy atom. The van der Waals surface area contributed by atoms with Gasteiger partial charge in [-0.15, -0.1) is 0 Å². The summed E-state index contributed by atoms with van der Waals surface area (Å²) in [4.78, 5) is 12.4. The van der Waals surface area contributed by atoms with E-state index in [0.717, 1.165) is 11.1 Å². The van der Waals surface area contributed by atoms with Crippen LogP contribution in [-0.4, -0.2) is 25.1 Å². The van der Waals surface area contributed by atoms with E-state index < -0.39 is 15.4 Å². The minimum Gasteiger partial charge on any atom is -0.299 e. The topological polar surface area (TPSA) is 54.5 Å². The number of Topliss-reactive ketones (excluding diaryl/α,β-unsaturated/α-hetero) is 1. The van der Waals surface area contributed by atoms with E-state index >= 15 is 0 Å². The van der Waals surface area contributed by atoms with E-state index in [1.54, 1.807) is 31.2 Å². The van der Waals surface area contributed by atoms with Gasteiger partial charge in [0.05, 0.1) is 10.9 Å². The maximum atomic E-state index is 13.3. The number of sulfonamides is 1. The highest BCUT2D eigenvalue weighted by atomic mass is 32.2. The van der Waals surface area contributed by atoms with Crippen molar-refractivity contribution in [3.8, 4) is 0 Å². The van der Waals surface area contributed by atoms with E-state index in [1.165, 1.54) is 4.31 Å². The number of hydrogen-bond acceptors (Lipinski definition) is 3. The Morgan fingerprint density at radius 3 is 2.24 bits per heavy atom. The minimum atomic E-state index is -3.68. The minimum absolute atomic E-state index is 0.0232. The molecule has 1 fully saturated rings. The molecule has 25 heavy (non-hydrogen) atoms. The number of aryl methyl sites for hydroxylation is 1. The average Bonchev–Trinajstić information content (AvgIpc) is 2.96. The van der Waals surface area contributed by atoms with Crippen molar-refractivity contribution in [3.05, 3.63) is 65.7 Å². The van der Waals surface area contributed by atoms with Crippen LogP contribution in [0.4, 0.5) is 0 Å². The van der Waals surface area contributed by atoms with E-state index in [0.29, 0.717) is 6.42 Å². The van der Waals surface area contributed by atoms with Gasteiger partial charge in [0.25, 0.3) is 0 Å². The molecule has 0 unspecified atom stereocenters. The molecule has 0 N–H and O–H groups in total. The molecule has 0 spiro atoms. The molecule has 1 heterocycles. The summed E-state index contributed by atoms with van der Waals surface area (Å²) in [6.07, 6.45) is 0.497. The van der Waals surface area contributed by atoms with Crippen LogP contribution >= 0.6 is 0 Å². The molecule has 132 valence electrons. The van der Waals surface area contributed by atoms with Crippen molar-refractivity contribution in [2.75, 3.05) is 6.54 Å². The molecule has 0 bridgehead atoms. The average molecular weight is 357 g/mol. The van der Waals surface area contributed by atoms with Gasteiger partial charge in [-0.1, -0.05) is 55.0 Å². The SMILES string of the molecule is CC(=O)[C@@]1(C)C[C@@H](c2ccccc2)N(S(=O)(=O)c2ccc(C)cc2)C1. The lowest BCUT2D eigenvalue weighted by atomic mass is 9.83. The normalized spacial score (nSPS) is 24.4. The summed E-state index contributed by atoms with van der Waals surface area (Å²) in [6.45, 7) is 5.53. The van der Waals surface area contributed by atoms with Crippen LogP contribution in [0.25, 0.3) is 0 Å². The first-order valence-corrected chi connectivity index (χ1v) is 9.82. The smallest absolute Gasteiger partial charge is 0.243 e. The molecule has 0 aromatic heterocycles. The molecule has 2 aromatic carbocycles. The number of nitrogens with zero attached hydrogens (tertiary/aromatic N) is 1. The molecule has 1 saturated heterocycles. The second-order valence-electron chi connectivity index (χ2n) is 7.11. The van der Waals surface area contributed by atoms with E-state index in [9.17, 15) is 13.2 Å². The van der Waals surface area contributed by atoms with Gasteiger partial charge in [0.1, 0.15) is 5.78 Å². The van der Waals surface area contributed by atoms with E-state index in [-0.39, 0.29) is 23.3 Å². The zero-order valence-corrected chi connectivity index (χ0v) is 15.6. The van der Waals surface area contributed by atoms with Crippen LogP contribution in [-0.2, 0) is 14.8 Å². The lowest BCUT2D eigenvalue weighted by Crippen LogP contribution is -2.34. The summed E-state index contributed by atoms with van der Waals surface area (Å²) in [5.41, 5.74) is 1.26. The Hall–Kier alpha value is -1.98. The number of hydrogen-bond donors (Lipinski definition) is 0. The fraction of sp³-hybridized carbons (Fsp3) is 0.350. The van der Waals surface area contributed by atoms with Crippen LogP contribution < -0.4 is 0 Å². The quantitative estimate of drug-likeness (QED) is 0.838. The maximum absolute atomic E-state index is 13.3. The van der Waals surface area contributed by atoms with Crippen molar-refractivity contribution in [2.45, 2.75) is 38.1 Å². The van der Waals surface area contributed by atoms with Crippen molar-refractivity contribution in [1.82, 2.24) is 4.31 Å². The van der Waals surface area contributed by atoms with Crippen LogP contribution in [0.5, 0.6) is 0 Å². The molecule has 0 aliphatic carbocycles. The summed E-state index contributed by atoms with van der Waals surface area (Å²) < 4.78 is 28.0. The van der Waals surface area contributed by atoms with Crippen molar-refractivity contribution < 1.29 is 13.2 Å². The van der Waals surface area contributed by atoms with Gasteiger partial charge in [0, 0.05) is 12.0 Å². The number of ketones is 1. The third-order valence-electron chi connectivity index (χ3n) is 5.16. The fourth-order valence-electron chi connectivity index (χ4n) is 3.36. The number of rotatable bonds is 4. The molecule has 0 amide bonds. The van der Waals surface area contributed by atoms with E-state index in [4.69, 9.17) is 0 Å². The summed E-state index contributed by atoms with van der Waals surface area (Å²) in [5.74, 6) is 0.0232. The Balaban J connectivity index is 2.07. The lowest BCUT2D eigenvalue weighted by Gasteiger charge is -2.24. The highest BCUT2D eigenvalue weighted by Crippen LogP contribution is 2.46. The molecule has 4 nitrogen and oxygen atoms in total. The van der Waals surface area contributed by atoms with Crippen molar-refractivity contribution in [3.63, 3.8) is 0 Å². The van der Waals surface area contributed by atoms with Crippen molar-refractivity contribution in [2.24, 2.45) is 5.41 Å². The zero-order valence-electron chi connectivity index (χ0n) is 14.8. The summed E-state index contributed by atoms with van der Waals surface area (Å²) in [6, 6.07) is 16.1. The number of benzene rings is 2. The van der Waals surface area contributed by atoms with Crippen molar-refractivity contribution >= 4 is 15.8 Å². The Labute approximate surface area is 149 Å². The van der Waals surface area contributed by atoms with Gasteiger partial charge >= 0.3 is 0 Å². The van der Waals surface area contributed by atoms with Gasteiger partial charge < -0.3 is 0 Å². The molecule has 0 saturated carbocycles. The first-order chi connectivity index (χ1) is 11.7. The first-order valence-electron chi connectivity index (χ1n) is 8.38. The second-order valence-corrected chi connectivity index (χ2v) is 9.00. The molecule has 2 aromatic rings. The van der Waals surface area contributed by atoms with Crippen LogP contribution in [0.2, 0.25) is 0 Å². The zero-order chi connectivity index (χ0) is 18.2. The largest absolute Gasteiger partial charge is 0.299 e. The molecule has 0 radical (unpaired) electrons. The van der Waals surface area contributed by atoms with Gasteiger partial charge in [-0.2, -0.15) is 4.31 Å². The molecule has 2 atom stereocenters. The molecular weight excluding hydrogens is 334 g/mol. The van der Waals surface area contributed by atoms with Crippen LogP contribution in [0.3, 0.4) is 0 Å². The molecule has 1 aliphatic heterocycles. The van der Waals surface area contributed by atoms with Gasteiger partial charge in [0.15, 0.2) is 0 Å². The fourth-order valence-corrected chi connectivity index (χ4v) is 5.10. The van der Waals surface area contributed by atoms with Gasteiger partial charge in [-0.05, 0) is 38.0 Å². The standard InChI is InChI=1S/C20H23NO3S/c1-15-9-11-18(12-10-15)25(23,24)21-14-20(3,16(2)22)13-19(21)17-7-5-4-6-8-17/h4-12,19H,13-14H2,1-3H3/t19-,20-/m0/s1. The second kappa shape index (κ2) is 6.39. The first kappa shape index (κ1) is 17.8. The molecule has 3 rings (SSSR count). The molecular formula is C20H23NO3S. The van der Waals surface area contributed by atoms with E-state index in [1.807, 2.05) is 44.2 Å². The highest BCUT2D eigenvalue weighted by molar-refractivity contribution is 7.89. The predicted octanol–water partition coefficient (Wildman–Crippen LogP) is 3.73. The van der Waals surface area contributed by atoms with Crippen LogP contribution in [0, 0.1) is 12.3 Å². The van der Waals surface area contributed by atoms with Crippen LogP contribution in [0.15, 0.2) is 59.5 Å².